The number of ether oxygens (including phenoxy) is 1. The van der Waals surface area contributed by atoms with Gasteiger partial charge in [-0.05, 0) is 47.5 Å². The van der Waals surface area contributed by atoms with Gasteiger partial charge in [0, 0.05) is 24.5 Å². The number of aryl methyl sites for hydroxylation is 1. The van der Waals surface area contributed by atoms with E-state index in [2.05, 4.69) is 49.3 Å². The molecule has 1 aromatic carbocycles. The van der Waals surface area contributed by atoms with Gasteiger partial charge in [0.2, 0.25) is 0 Å². The molecular weight excluding hydrogens is 358 g/mol. The molecule has 0 atom stereocenters. The van der Waals surface area contributed by atoms with Crippen molar-refractivity contribution in [1.82, 2.24) is 4.90 Å². The summed E-state index contributed by atoms with van der Waals surface area (Å²) in [5.41, 5.74) is 2.40. The van der Waals surface area contributed by atoms with E-state index in [0.29, 0.717) is 19.0 Å². The third-order valence-corrected chi connectivity index (χ3v) is 5.79. The van der Waals surface area contributed by atoms with Gasteiger partial charge < -0.3 is 9.84 Å². The van der Waals surface area contributed by atoms with Gasteiger partial charge in [0.25, 0.3) is 0 Å². The minimum Gasteiger partial charge on any atom is -0.493 e. The van der Waals surface area contributed by atoms with Crippen LogP contribution in [-0.2, 0) is 17.9 Å². The van der Waals surface area contributed by atoms with Crippen molar-refractivity contribution in [1.29, 1.82) is 0 Å². The Morgan fingerprint density at radius 2 is 2.00 bits per heavy atom. The van der Waals surface area contributed by atoms with E-state index < -0.39 is 5.97 Å². The molecule has 0 saturated heterocycles. The van der Waals surface area contributed by atoms with Crippen LogP contribution in [0.3, 0.4) is 0 Å². The second-order valence-corrected chi connectivity index (χ2v) is 8.08. The average Bonchev–Trinajstić information content (AvgIpc) is 3.05. The van der Waals surface area contributed by atoms with Crippen molar-refractivity contribution in [2.45, 2.75) is 53.1 Å². The van der Waals surface area contributed by atoms with Gasteiger partial charge in [-0.3, -0.25) is 9.69 Å². The van der Waals surface area contributed by atoms with E-state index in [1.165, 1.54) is 10.4 Å². The number of nitrogens with zero attached hydrogens (tertiary/aromatic N) is 1. The van der Waals surface area contributed by atoms with Crippen molar-refractivity contribution in [2.24, 2.45) is 5.92 Å². The van der Waals surface area contributed by atoms with Gasteiger partial charge in [-0.15, -0.1) is 11.3 Å². The third kappa shape index (κ3) is 7.73. The molecule has 0 spiro atoms. The molecule has 0 unspecified atom stereocenters. The third-order valence-electron chi connectivity index (χ3n) is 4.75. The zero-order chi connectivity index (χ0) is 19.6. The van der Waals surface area contributed by atoms with E-state index in [9.17, 15) is 4.79 Å². The zero-order valence-corrected chi connectivity index (χ0v) is 17.4. The molecule has 2 aromatic rings. The van der Waals surface area contributed by atoms with E-state index in [1.54, 1.807) is 11.3 Å². The summed E-state index contributed by atoms with van der Waals surface area (Å²) in [6.45, 7) is 9.24. The summed E-state index contributed by atoms with van der Waals surface area (Å²) < 4.78 is 5.98. The number of benzene rings is 1. The molecule has 27 heavy (non-hydrogen) atoms. The standard InChI is InChI=1S/C22H31NO3S/c1-4-18(5-2)15-26-20-8-6-7-19(12-20)13-23(10-9-22(24)25)14-21-11-17(3)16-27-21/h6-8,11-12,16,18H,4-5,9-10,13-15H2,1-3H3,(H,24,25). The van der Waals surface area contributed by atoms with Crippen molar-refractivity contribution < 1.29 is 14.6 Å². The maximum absolute atomic E-state index is 11.0. The Balaban J connectivity index is 2.02. The van der Waals surface area contributed by atoms with Crippen LogP contribution < -0.4 is 4.74 Å². The van der Waals surface area contributed by atoms with Gasteiger partial charge in [-0.1, -0.05) is 38.8 Å². The predicted octanol–water partition coefficient (Wildman–Crippen LogP) is 5.35. The summed E-state index contributed by atoms with van der Waals surface area (Å²) in [6, 6.07) is 10.3. The number of aliphatic carboxylic acids is 1. The van der Waals surface area contributed by atoms with Gasteiger partial charge in [-0.2, -0.15) is 0 Å². The van der Waals surface area contributed by atoms with Crippen molar-refractivity contribution in [2.75, 3.05) is 13.2 Å². The molecule has 0 amide bonds. The van der Waals surface area contributed by atoms with E-state index in [1.807, 2.05) is 12.1 Å². The number of carboxylic acids is 1. The van der Waals surface area contributed by atoms with E-state index in [-0.39, 0.29) is 6.42 Å². The summed E-state index contributed by atoms with van der Waals surface area (Å²) >= 11 is 1.73. The highest BCUT2D eigenvalue weighted by molar-refractivity contribution is 7.10. The summed E-state index contributed by atoms with van der Waals surface area (Å²) in [5.74, 6) is 0.719. The summed E-state index contributed by atoms with van der Waals surface area (Å²) in [6.07, 6.45) is 2.40. The first-order valence-electron chi connectivity index (χ1n) is 9.70. The number of thiophene rings is 1. The highest BCUT2D eigenvalue weighted by Crippen LogP contribution is 2.20. The number of rotatable bonds is 12. The van der Waals surface area contributed by atoms with Gasteiger partial charge in [0.15, 0.2) is 0 Å². The van der Waals surface area contributed by atoms with Gasteiger partial charge >= 0.3 is 5.97 Å². The highest BCUT2D eigenvalue weighted by atomic mass is 32.1. The molecule has 2 rings (SSSR count). The molecule has 1 N–H and O–H groups in total. The van der Waals surface area contributed by atoms with E-state index >= 15 is 0 Å². The Morgan fingerprint density at radius 3 is 2.63 bits per heavy atom. The first kappa shape index (κ1) is 21.5. The maximum Gasteiger partial charge on any atom is 0.304 e. The predicted molar refractivity (Wildman–Crippen MR) is 111 cm³/mol. The lowest BCUT2D eigenvalue weighted by Crippen LogP contribution is -2.25. The smallest absolute Gasteiger partial charge is 0.304 e. The van der Waals surface area contributed by atoms with Gasteiger partial charge in [-0.25, -0.2) is 0 Å². The first-order valence-corrected chi connectivity index (χ1v) is 10.6. The summed E-state index contributed by atoms with van der Waals surface area (Å²) in [4.78, 5) is 14.5. The zero-order valence-electron chi connectivity index (χ0n) is 16.6. The Morgan fingerprint density at radius 1 is 1.22 bits per heavy atom. The molecule has 0 radical (unpaired) electrons. The molecule has 0 bridgehead atoms. The fraction of sp³-hybridized carbons (Fsp3) is 0.500. The average molecular weight is 390 g/mol. The molecule has 148 valence electrons. The number of carboxylic acid groups (broad SMARTS) is 1. The number of carbonyl (C=O) groups is 1. The van der Waals surface area contributed by atoms with Gasteiger partial charge in [0.05, 0.1) is 13.0 Å². The van der Waals surface area contributed by atoms with Crippen LogP contribution in [0.25, 0.3) is 0 Å². The molecule has 0 fully saturated rings. The fourth-order valence-electron chi connectivity index (χ4n) is 2.99. The molecule has 5 heteroatoms. The van der Waals surface area contributed by atoms with Crippen LogP contribution in [0.5, 0.6) is 5.75 Å². The Hall–Kier alpha value is -1.85. The lowest BCUT2D eigenvalue weighted by Gasteiger charge is -2.21. The van der Waals surface area contributed by atoms with Crippen LogP contribution in [0.2, 0.25) is 0 Å². The van der Waals surface area contributed by atoms with Crippen molar-refractivity contribution >= 4 is 17.3 Å². The van der Waals surface area contributed by atoms with Crippen LogP contribution >= 0.6 is 11.3 Å². The Bertz CT molecular complexity index is 709. The summed E-state index contributed by atoms with van der Waals surface area (Å²) in [7, 11) is 0. The normalized spacial score (nSPS) is 11.3. The number of hydrogen-bond donors (Lipinski definition) is 1. The second-order valence-electron chi connectivity index (χ2n) is 7.09. The maximum atomic E-state index is 11.0. The van der Waals surface area contributed by atoms with Crippen LogP contribution in [0.4, 0.5) is 0 Å². The number of hydrogen-bond acceptors (Lipinski definition) is 4. The van der Waals surface area contributed by atoms with Crippen LogP contribution in [0, 0.1) is 12.8 Å². The Labute approximate surface area is 166 Å². The van der Waals surface area contributed by atoms with E-state index in [4.69, 9.17) is 9.84 Å². The lowest BCUT2D eigenvalue weighted by atomic mass is 10.1. The fourth-order valence-corrected chi connectivity index (χ4v) is 3.91. The summed E-state index contributed by atoms with van der Waals surface area (Å²) in [5, 5.41) is 11.2. The largest absolute Gasteiger partial charge is 0.493 e. The molecule has 0 aliphatic rings. The van der Waals surface area contributed by atoms with Gasteiger partial charge in [0.1, 0.15) is 5.75 Å². The first-order chi connectivity index (χ1) is 13.0. The molecule has 0 saturated carbocycles. The molecule has 0 aliphatic heterocycles. The van der Waals surface area contributed by atoms with Crippen LogP contribution in [-0.4, -0.2) is 29.1 Å². The quantitative estimate of drug-likeness (QED) is 0.532. The molecule has 0 aliphatic carbocycles. The van der Waals surface area contributed by atoms with Crippen molar-refractivity contribution in [3.05, 3.63) is 51.7 Å². The molecule has 4 nitrogen and oxygen atoms in total. The van der Waals surface area contributed by atoms with Crippen molar-refractivity contribution in [3.63, 3.8) is 0 Å². The lowest BCUT2D eigenvalue weighted by molar-refractivity contribution is -0.137. The highest BCUT2D eigenvalue weighted by Gasteiger charge is 2.12. The van der Waals surface area contributed by atoms with E-state index in [0.717, 1.165) is 37.3 Å². The van der Waals surface area contributed by atoms with Crippen LogP contribution in [0.1, 0.15) is 49.1 Å². The molecule has 1 aromatic heterocycles. The SMILES string of the molecule is CCC(CC)COc1cccc(CN(CCC(=O)O)Cc2cc(C)cs2)c1. The molecule has 1 heterocycles. The van der Waals surface area contributed by atoms with Crippen LogP contribution in [0.15, 0.2) is 35.7 Å². The minimum atomic E-state index is -0.760. The molecular formula is C22H31NO3S. The monoisotopic (exact) mass is 389 g/mol. The van der Waals surface area contributed by atoms with Crippen molar-refractivity contribution in [3.8, 4) is 5.75 Å². The Kier molecular flexibility index (Phi) is 8.82. The topological polar surface area (TPSA) is 49.8 Å². The second kappa shape index (κ2) is 11.1. The minimum absolute atomic E-state index is 0.148.